The monoisotopic (exact) mass is 388 g/mol. The quantitative estimate of drug-likeness (QED) is 0.469. The fourth-order valence-electron chi connectivity index (χ4n) is 9.33. The van der Waals surface area contributed by atoms with Crippen molar-refractivity contribution in [3.63, 3.8) is 0 Å². The third-order valence-electron chi connectivity index (χ3n) is 12.0. The maximum atomic E-state index is 11.6. The van der Waals surface area contributed by atoms with Crippen LogP contribution in [0.2, 0.25) is 0 Å². The van der Waals surface area contributed by atoms with Crippen molar-refractivity contribution in [2.45, 2.75) is 119 Å². The van der Waals surface area contributed by atoms with Crippen molar-refractivity contribution in [2.24, 2.45) is 38.9 Å². The highest BCUT2D eigenvalue weighted by Gasteiger charge is 2.69. The summed E-state index contributed by atoms with van der Waals surface area (Å²) in [6.45, 7) is 17.1. The smallest absolute Gasteiger partial charge is 0.302 e. The van der Waals surface area contributed by atoms with Crippen LogP contribution in [0.15, 0.2) is 0 Å². The predicted octanol–water partition coefficient (Wildman–Crippen LogP) is 7.16. The molecule has 2 nitrogen and oxygen atoms in total. The Morgan fingerprint density at radius 1 is 0.857 bits per heavy atom. The average Bonchev–Trinajstić information content (AvgIpc) is 2.84. The lowest BCUT2D eigenvalue weighted by atomic mass is 9.36. The molecule has 0 amide bonds. The molecule has 0 aliphatic heterocycles. The molecular formula is C26H44O2. The number of ether oxygens (including phenoxy) is 1. The van der Waals surface area contributed by atoms with E-state index in [9.17, 15) is 4.79 Å². The van der Waals surface area contributed by atoms with Crippen molar-refractivity contribution in [1.82, 2.24) is 0 Å². The molecule has 0 unspecified atom stereocenters. The maximum absolute atomic E-state index is 11.6. The van der Waals surface area contributed by atoms with E-state index in [1.54, 1.807) is 6.92 Å². The first-order valence-corrected chi connectivity index (χ1v) is 12.1. The lowest BCUT2D eigenvalue weighted by Crippen LogP contribution is -2.61. The fraction of sp³-hybridized carbons (Fsp3) is 0.962. The molecule has 28 heavy (non-hydrogen) atoms. The van der Waals surface area contributed by atoms with Gasteiger partial charge >= 0.3 is 5.97 Å². The molecule has 0 saturated heterocycles. The first kappa shape index (κ1) is 20.7. The van der Waals surface area contributed by atoms with Gasteiger partial charge in [-0.05, 0) is 96.7 Å². The van der Waals surface area contributed by atoms with Crippen molar-refractivity contribution >= 4 is 5.97 Å². The van der Waals surface area contributed by atoms with E-state index in [1.807, 2.05) is 0 Å². The van der Waals surface area contributed by atoms with Gasteiger partial charge in [-0.25, -0.2) is 0 Å². The van der Waals surface area contributed by atoms with E-state index in [0.717, 1.165) is 24.7 Å². The van der Waals surface area contributed by atoms with Crippen LogP contribution < -0.4 is 0 Å². The standard InChI is InChI=1S/C26H44O2/c1-8-22(3)15-16-25(6)21-10-12-23(4)17-19(28-18(2)27)9-13-24(23,5)20(21)11-14-26(22,25)7/h19-21H,8-17H2,1-7H3/t19-,20-,21+,22-,23+,24-,25-,26-/m1/s1. The van der Waals surface area contributed by atoms with Gasteiger partial charge in [-0.1, -0.05) is 48.0 Å². The summed E-state index contributed by atoms with van der Waals surface area (Å²) in [6.07, 6.45) is 13.2. The molecular weight excluding hydrogens is 344 g/mol. The van der Waals surface area contributed by atoms with Crippen molar-refractivity contribution in [1.29, 1.82) is 0 Å². The molecule has 0 heterocycles. The van der Waals surface area contributed by atoms with E-state index in [2.05, 4.69) is 41.5 Å². The third kappa shape index (κ3) is 2.41. The second kappa shape index (κ2) is 6.24. The highest BCUT2D eigenvalue weighted by atomic mass is 16.5. The average molecular weight is 389 g/mol. The Kier molecular flexibility index (Phi) is 4.62. The summed E-state index contributed by atoms with van der Waals surface area (Å²) in [5.41, 5.74) is 2.24. The zero-order valence-electron chi connectivity index (χ0n) is 19.6. The largest absolute Gasteiger partial charge is 0.463 e. The summed E-state index contributed by atoms with van der Waals surface area (Å²) in [5, 5.41) is 0. The third-order valence-corrected chi connectivity index (χ3v) is 12.0. The number of hydrogen-bond acceptors (Lipinski definition) is 2. The van der Waals surface area contributed by atoms with E-state index < -0.39 is 0 Å². The van der Waals surface area contributed by atoms with Crippen molar-refractivity contribution in [3.8, 4) is 0 Å². The summed E-state index contributed by atoms with van der Waals surface area (Å²) < 4.78 is 5.69. The van der Waals surface area contributed by atoms with Crippen LogP contribution in [0.5, 0.6) is 0 Å². The zero-order chi connectivity index (χ0) is 20.6. The van der Waals surface area contributed by atoms with Crippen LogP contribution in [0.1, 0.15) is 113 Å². The van der Waals surface area contributed by atoms with Gasteiger partial charge in [0, 0.05) is 6.92 Å². The molecule has 0 aromatic heterocycles. The number of hydrogen-bond donors (Lipinski definition) is 0. The topological polar surface area (TPSA) is 26.3 Å². The molecule has 0 aromatic carbocycles. The van der Waals surface area contributed by atoms with Gasteiger partial charge in [-0.3, -0.25) is 4.79 Å². The summed E-state index contributed by atoms with van der Waals surface area (Å²) in [7, 11) is 0. The van der Waals surface area contributed by atoms with Crippen LogP contribution in [-0.2, 0) is 9.53 Å². The normalized spacial score (nSPS) is 55.8. The van der Waals surface area contributed by atoms with Crippen molar-refractivity contribution in [3.05, 3.63) is 0 Å². The first-order valence-electron chi connectivity index (χ1n) is 12.1. The Morgan fingerprint density at radius 3 is 2.14 bits per heavy atom. The number of carbonyl (C=O) groups excluding carboxylic acids is 1. The molecule has 0 spiro atoms. The molecule has 4 aliphatic rings. The Morgan fingerprint density at radius 2 is 1.50 bits per heavy atom. The minimum Gasteiger partial charge on any atom is -0.463 e. The lowest BCUT2D eigenvalue weighted by Gasteiger charge is -2.68. The molecule has 0 radical (unpaired) electrons. The second-order valence-corrected chi connectivity index (χ2v) is 12.4. The van der Waals surface area contributed by atoms with Crippen molar-refractivity contribution < 1.29 is 9.53 Å². The van der Waals surface area contributed by atoms with Crippen molar-refractivity contribution in [2.75, 3.05) is 0 Å². The van der Waals surface area contributed by atoms with Gasteiger partial charge in [0.15, 0.2) is 0 Å². The number of esters is 1. The Labute approximate surface area is 173 Å². The first-order chi connectivity index (χ1) is 12.9. The molecule has 2 heteroatoms. The van der Waals surface area contributed by atoms with E-state index in [4.69, 9.17) is 4.74 Å². The second-order valence-electron chi connectivity index (χ2n) is 12.4. The van der Waals surface area contributed by atoms with E-state index in [0.29, 0.717) is 27.1 Å². The van der Waals surface area contributed by atoms with Gasteiger partial charge in [-0.2, -0.15) is 0 Å². The predicted molar refractivity (Wildman–Crippen MR) is 115 cm³/mol. The van der Waals surface area contributed by atoms with Gasteiger partial charge in [0.25, 0.3) is 0 Å². The lowest BCUT2D eigenvalue weighted by molar-refractivity contribution is -0.207. The molecule has 0 aromatic rings. The summed E-state index contributed by atoms with van der Waals surface area (Å²) in [4.78, 5) is 11.6. The Bertz CT molecular complexity index is 657. The van der Waals surface area contributed by atoms with Crippen LogP contribution in [0.3, 0.4) is 0 Å². The van der Waals surface area contributed by atoms with Crippen LogP contribution in [-0.4, -0.2) is 12.1 Å². The van der Waals surface area contributed by atoms with Crippen LogP contribution >= 0.6 is 0 Å². The molecule has 0 N–H and O–H groups in total. The van der Waals surface area contributed by atoms with E-state index >= 15 is 0 Å². The minimum atomic E-state index is -0.100. The van der Waals surface area contributed by atoms with E-state index in [1.165, 1.54) is 51.4 Å². The highest BCUT2D eigenvalue weighted by molar-refractivity contribution is 5.66. The zero-order valence-corrected chi connectivity index (χ0v) is 19.6. The summed E-state index contributed by atoms with van der Waals surface area (Å²) in [5.74, 6) is 1.63. The van der Waals surface area contributed by atoms with Gasteiger partial charge in [0.1, 0.15) is 6.10 Å². The van der Waals surface area contributed by atoms with Gasteiger partial charge in [0.05, 0.1) is 0 Å². The van der Waals surface area contributed by atoms with Crippen LogP contribution in [0.25, 0.3) is 0 Å². The Balaban J connectivity index is 1.65. The molecule has 4 fully saturated rings. The molecule has 0 bridgehead atoms. The molecule has 4 saturated carbocycles. The maximum Gasteiger partial charge on any atom is 0.302 e. The summed E-state index contributed by atoms with van der Waals surface area (Å²) >= 11 is 0. The van der Waals surface area contributed by atoms with Gasteiger partial charge in [-0.15, -0.1) is 0 Å². The fourth-order valence-corrected chi connectivity index (χ4v) is 9.33. The summed E-state index contributed by atoms with van der Waals surface area (Å²) in [6, 6.07) is 0. The molecule has 8 atom stereocenters. The molecule has 4 aliphatic carbocycles. The number of carbonyl (C=O) groups is 1. The van der Waals surface area contributed by atoms with Crippen LogP contribution in [0.4, 0.5) is 0 Å². The Hall–Kier alpha value is -0.530. The van der Waals surface area contributed by atoms with E-state index in [-0.39, 0.29) is 12.1 Å². The number of rotatable bonds is 2. The highest BCUT2D eigenvalue weighted by Crippen LogP contribution is 2.77. The van der Waals surface area contributed by atoms with Gasteiger partial charge in [0.2, 0.25) is 0 Å². The van der Waals surface area contributed by atoms with Gasteiger partial charge < -0.3 is 4.74 Å². The molecule has 160 valence electrons. The number of fused-ring (bicyclic) bond motifs is 5. The SMILES string of the molecule is CC[C@]1(C)CC[C@]2(C)[C@H]3CC[C@@]4(C)C[C@H](OC(C)=O)CC[C@]4(C)[C@@H]3CC[C@]12C. The minimum absolute atomic E-state index is 0.100. The molecule has 4 rings (SSSR count). The van der Waals surface area contributed by atoms with Crippen LogP contribution in [0, 0.1) is 38.9 Å².